The predicted molar refractivity (Wildman–Crippen MR) is 102 cm³/mol. The molecule has 0 bridgehead atoms. The molecule has 4 rings (SSSR count). The summed E-state index contributed by atoms with van der Waals surface area (Å²) in [6.07, 6.45) is 4.47. The van der Waals surface area contributed by atoms with E-state index >= 15 is 0 Å². The number of nitrogens with zero attached hydrogens (tertiary/aromatic N) is 1. The van der Waals surface area contributed by atoms with E-state index in [0.29, 0.717) is 12.2 Å². The van der Waals surface area contributed by atoms with Gasteiger partial charge in [0.15, 0.2) is 0 Å². The molecule has 0 unspecified atom stereocenters. The van der Waals surface area contributed by atoms with Crippen LogP contribution in [-0.2, 0) is 4.79 Å². The molecule has 1 fully saturated rings. The molecule has 2 aromatic rings. The molecule has 4 nitrogen and oxygen atoms in total. The van der Waals surface area contributed by atoms with Gasteiger partial charge in [0.25, 0.3) is 5.91 Å². The van der Waals surface area contributed by atoms with Crippen molar-refractivity contribution in [3.05, 3.63) is 53.6 Å². The first-order valence-electron chi connectivity index (χ1n) is 8.90. The lowest BCUT2D eigenvalue weighted by Gasteiger charge is -2.20. The summed E-state index contributed by atoms with van der Waals surface area (Å²) in [5.74, 6) is 0.722. The van der Waals surface area contributed by atoms with E-state index in [1.165, 1.54) is 18.5 Å². The largest absolute Gasteiger partial charge is 0.494 e. The summed E-state index contributed by atoms with van der Waals surface area (Å²) >= 11 is 0. The van der Waals surface area contributed by atoms with Gasteiger partial charge in [-0.05, 0) is 49.6 Å². The van der Waals surface area contributed by atoms with Crippen molar-refractivity contribution in [2.24, 2.45) is 0 Å². The first kappa shape index (κ1) is 15.8. The van der Waals surface area contributed by atoms with E-state index in [-0.39, 0.29) is 5.91 Å². The SMILES string of the molecule is CCOc1ccc2c(c1)NC(=O)/C2=C/c1ccccc1N1CCCC1. The quantitative estimate of drug-likeness (QED) is 0.853. The molecule has 2 aromatic carbocycles. The Labute approximate surface area is 148 Å². The van der Waals surface area contributed by atoms with E-state index in [9.17, 15) is 4.79 Å². The van der Waals surface area contributed by atoms with E-state index < -0.39 is 0 Å². The average molecular weight is 334 g/mol. The number of amides is 1. The topological polar surface area (TPSA) is 41.6 Å². The molecule has 0 spiro atoms. The van der Waals surface area contributed by atoms with Gasteiger partial charge in [0.1, 0.15) is 5.75 Å². The molecular weight excluding hydrogens is 312 g/mol. The van der Waals surface area contributed by atoms with E-state index in [1.807, 2.05) is 37.3 Å². The van der Waals surface area contributed by atoms with Crippen LogP contribution >= 0.6 is 0 Å². The van der Waals surface area contributed by atoms with Gasteiger partial charge in [0.2, 0.25) is 0 Å². The summed E-state index contributed by atoms with van der Waals surface area (Å²) in [6.45, 7) is 4.73. The third kappa shape index (κ3) is 3.00. The molecule has 2 aliphatic rings. The monoisotopic (exact) mass is 334 g/mol. The number of carbonyl (C=O) groups is 1. The average Bonchev–Trinajstić information content (AvgIpc) is 3.24. The maximum Gasteiger partial charge on any atom is 0.256 e. The third-order valence-electron chi connectivity index (χ3n) is 4.77. The highest BCUT2D eigenvalue weighted by Gasteiger charge is 2.25. The van der Waals surface area contributed by atoms with Crippen LogP contribution in [0.3, 0.4) is 0 Å². The summed E-state index contributed by atoms with van der Waals surface area (Å²) in [7, 11) is 0. The van der Waals surface area contributed by atoms with Crippen molar-refractivity contribution in [3.63, 3.8) is 0 Å². The highest BCUT2D eigenvalue weighted by Crippen LogP contribution is 2.37. The summed E-state index contributed by atoms with van der Waals surface area (Å²) in [6, 6.07) is 14.1. The lowest BCUT2D eigenvalue weighted by atomic mass is 10.0. The Morgan fingerprint density at radius 3 is 2.76 bits per heavy atom. The zero-order chi connectivity index (χ0) is 17.2. The molecule has 2 heterocycles. The number of hydrogen-bond donors (Lipinski definition) is 1. The highest BCUT2D eigenvalue weighted by atomic mass is 16.5. The molecule has 0 atom stereocenters. The molecular formula is C21H22N2O2. The van der Waals surface area contributed by atoms with E-state index in [4.69, 9.17) is 4.74 Å². The van der Waals surface area contributed by atoms with Gasteiger partial charge in [-0.3, -0.25) is 4.79 Å². The second-order valence-corrected chi connectivity index (χ2v) is 6.41. The van der Waals surface area contributed by atoms with Crippen molar-refractivity contribution in [1.29, 1.82) is 0 Å². The second kappa shape index (κ2) is 6.63. The van der Waals surface area contributed by atoms with Crippen LogP contribution in [0.4, 0.5) is 11.4 Å². The van der Waals surface area contributed by atoms with Gasteiger partial charge in [-0.15, -0.1) is 0 Å². The summed E-state index contributed by atoms with van der Waals surface area (Å²) in [5, 5.41) is 2.95. The normalized spacial score (nSPS) is 17.7. The Bertz CT molecular complexity index is 836. The van der Waals surface area contributed by atoms with Crippen LogP contribution in [0.5, 0.6) is 5.75 Å². The van der Waals surface area contributed by atoms with Crippen LogP contribution < -0.4 is 15.0 Å². The number of hydrogen-bond acceptors (Lipinski definition) is 3. The number of benzene rings is 2. The maximum atomic E-state index is 12.5. The summed E-state index contributed by atoms with van der Waals surface area (Å²) in [4.78, 5) is 14.9. The van der Waals surface area contributed by atoms with Crippen molar-refractivity contribution >= 4 is 28.9 Å². The molecule has 0 saturated carbocycles. The van der Waals surface area contributed by atoms with Crippen molar-refractivity contribution in [2.75, 3.05) is 29.9 Å². The Morgan fingerprint density at radius 1 is 1.16 bits per heavy atom. The molecule has 0 radical (unpaired) electrons. The van der Waals surface area contributed by atoms with Crippen molar-refractivity contribution in [2.45, 2.75) is 19.8 Å². The van der Waals surface area contributed by atoms with Crippen LogP contribution in [0.25, 0.3) is 11.6 Å². The first-order chi connectivity index (χ1) is 12.3. The molecule has 1 N–H and O–H groups in total. The number of para-hydroxylation sites is 1. The lowest BCUT2D eigenvalue weighted by molar-refractivity contribution is -0.110. The van der Waals surface area contributed by atoms with Gasteiger partial charge >= 0.3 is 0 Å². The highest BCUT2D eigenvalue weighted by molar-refractivity contribution is 6.35. The Kier molecular flexibility index (Phi) is 4.18. The van der Waals surface area contributed by atoms with Gasteiger partial charge in [0.05, 0.1) is 12.3 Å². The Balaban J connectivity index is 1.73. The molecule has 1 saturated heterocycles. The standard InChI is InChI=1S/C21H22N2O2/c1-2-25-16-9-10-17-18(21(24)22-19(17)14-16)13-15-7-3-4-8-20(15)23-11-5-6-12-23/h3-4,7-10,13-14H,2,5-6,11-12H2,1H3,(H,22,24)/b18-13+. The number of carbonyl (C=O) groups excluding carboxylic acids is 1. The molecule has 2 aliphatic heterocycles. The molecule has 25 heavy (non-hydrogen) atoms. The fourth-order valence-corrected chi connectivity index (χ4v) is 3.58. The van der Waals surface area contributed by atoms with Gasteiger partial charge in [-0.1, -0.05) is 18.2 Å². The van der Waals surface area contributed by atoms with E-state index in [0.717, 1.165) is 35.7 Å². The van der Waals surface area contributed by atoms with Gasteiger partial charge < -0.3 is 15.0 Å². The minimum atomic E-state index is -0.0557. The fourth-order valence-electron chi connectivity index (χ4n) is 3.58. The third-order valence-corrected chi connectivity index (χ3v) is 4.77. The predicted octanol–water partition coefficient (Wildman–Crippen LogP) is 4.18. The zero-order valence-electron chi connectivity index (χ0n) is 14.4. The molecule has 1 amide bonds. The Hall–Kier alpha value is -2.75. The number of nitrogens with one attached hydrogen (secondary N) is 1. The number of rotatable bonds is 4. The molecule has 4 heteroatoms. The van der Waals surface area contributed by atoms with Gasteiger partial charge in [-0.25, -0.2) is 0 Å². The summed E-state index contributed by atoms with van der Waals surface area (Å²) < 4.78 is 5.53. The van der Waals surface area contributed by atoms with E-state index in [2.05, 4.69) is 28.4 Å². The van der Waals surface area contributed by atoms with Crippen LogP contribution in [0.15, 0.2) is 42.5 Å². The number of fused-ring (bicyclic) bond motifs is 1. The van der Waals surface area contributed by atoms with Crippen molar-refractivity contribution in [1.82, 2.24) is 0 Å². The van der Waals surface area contributed by atoms with Crippen molar-refractivity contribution in [3.8, 4) is 5.75 Å². The van der Waals surface area contributed by atoms with Crippen LogP contribution in [0.1, 0.15) is 30.9 Å². The lowest BCUT2D eigenvalue weighted by Crippen LogP contribution is -2.18. The number of ether oxygens (including phenoxy) is 1. The first-order valence-corrected chi connectivity index (χ1v) is 8.90. The second-order valence-electron chi connectivity index (χ2n) is 6.41. The van der Waals surface area contributed by atoms with Crippen LogP contribution in [0, 0.1) is 0 Å². The van der Waals surface area contributed by atoms with Gasteiger partial charge in [0, 0.05) is 36.0 Å². The molecule has 0 aliphatic carbocycles. The minimum absolute atomic E-state index is 0.0557. The van der Waals surface area contributed by atoms with E-state index in [1.54, 1.807) is 0 Å². The van der Waals surface area contributed by atoms with Crippen molar-refractivity contribution < 1.29 is 9.53 Å². The summed E-state index contributed by atoms with van der Waals surface area (Å²) in [5.41, 5.74) is 4.77. The fraction of sp³-hybridized carbons (Fsp3) is 0.286. The molecule has 0 aromatic heterocycles. The van der Waals surface area contributed by atoms with Crippen LogP contribution in [-0.4, -0.2) is 25.6 Å². The Morgan fingerprint density at radius 2 is 1.96 bits per heavy atom. The number of anilines is 2. The minimum Gasteiger partial charge on any atom is -0.494 e. The van der Waals surface area contributed by atoms with Gasteiger partial charge in [-0.2, -0.15) is 0 Å². The zero-order valence-corrected chi connectivity index (χ0v) is 14.4. The maximum absolute atomic E-state index is 12.5. The smallest absolute Gasteiger partial charge is 0.256 e. The van der Waals surface area contributed by atoms with Crippen LogP contribution in [0.2, 0.25) is 0 Å². The molecule has 128 valence electrons.